The third kappa shape index (κ3) is 4.72. The summed E-state index contributed by atoms with van der Waals surface area (Å²) < 4.78 is 11.8. The maximum Gasteiger partial charge on any atom is 0.407 e. The molecule has 1 saturated heterocycles. The van der Waals surface area contributed by atoms with Crippen LogP contribution in [0.15, 0.2) is 28.8 Å². The average Bonchev–Trinajstić information content (AvgIpc) is 3.46. The Balaban J connectivity index is 1.64. The van der Waals surface area contributed by atoms with Crippen molar-refractivity contribution in [2.24, 2.45) is 5.41 Å². The highest BCUT2D eigenvalue weighted by Crippen LogP contribution is 2.40. The summed E-state index contributed by atoms with van der Waals surface area (Å²) in [6.07, 6.45) is 1.01. The predicted molar refractivity (Wildman–Crippen MR) is 132 cm³/mol. The summed E-state index contributed by atoms with van der Waals surface area (Å²) in [6, 6.07) is 4.70. The van der Waals surface area contributed by atoms with Gasteiger partial charge in [0.15, 0.2) is 0 Å². The van der Waals surface area contributed by atoms with Gasteiger partial charge in [-0.25, -0.2) is 9.78 Å². The number of thiazole rings is 1. The van der Waals surface area contributed by atoms with E-state index < -0.39 is 29.0 Å². The molecule has 3 heterocycles. The van der Waals surface area contributed by atoms with Crippen molar-refractivity contribution in [1.29, 1.82) is 0 Å². The van der Waals surface area contributed by atoms with E-state index in [1.807, 2.05) is 27.7 Å². The number of aromatic nitrogens is 1. The number of hydrogen-bond acceptors (Lipinski definition) is 7. The molecule has 10 heteroatoms. The molecular weight excluding hydrogens is 470 g/mol. The highest BCUT2D eigenvalue weighted by atomic mass is 32.1. The molecule has 188 valence electrons. The fraction of sp³-hybridized carbons (Fsp3) is 0.480. The van der Waals surface area contributed by atoms with E-state index in [0.29, 0.717) is 41.1 Å². The second kappa shape index (κ2) is 9.16. The second-order valence-corrected chi connectivity index (χ2v) is 11.4. The first-order valence-electron chi connectivity index (χ1n) is 11.5. The number of aliphatic hydroxyl groups excluding tert-OH is 1. The number of aryl methyl sites for hydroxylation is 2. The van der Waals surface area contributed by atoms with Crippen molar-refractivity contribution in [2.75, 3.05) is 13.2 Å². The minimum atomic E-state index is -1.12. The maximum atomic E-state index is 13.6. The third-order valence-electron chi connectivity index (χ3n) is 6.46. The van der Waals surface area contributed by atoms with Crippen LogP contribution in [0.25, 0.3) is 11.0 Å². The zero-order valence-corrected chi connectivity index (χ0v) is 21.4. The zero-order valence-electron chi connectivity index (χ0n) is 20.5. The van der Waals surface area contributed by atoms with E-state index in [1.54, 1.807) is 42.7 Å². The number of ether oxygens (including phenoxy) is 1. The lowest BCUT2D eigenvalue weighted by atomic mass is 9.74. The quantitative estimate of drug-likeness (QED) is 0.459. The van der Waals surface area contributed by atoms with E-state index in [0.717, 1.165) is 9.88 Å². The number of carbonyl (C=O) groups is 2. The van der Waals surface area contributed by atoms with Crippen LogP contribution in [0, 0.1) is 19.3 Å². The molecule has 2 amide bonds. The van der Waals surface area contributed by atoms with E-state index in [1.165, 1.54) is 4.90 Å². The fourth-order valence-corrected chi connectivity index (χ4v) is 5.92. The van der Waals surface area contributed by atoms with E-state index in [9.17, 15) is 19.8 Å². The van der Waals surface area contributed by atoms with Gasteiger partial charge in [-0.2, -0.15) is 0 Å². The molecule has 2 unspecified atom stereocenters. The molecule has 0 spiro atoms. The Hall–Kier alpha value is -3.11. The number of carbonyl (C=O) groups excluding carboxylic acids is 1. The van der Waals surface area contributed by atoms with Crippen molar-refractivity contribution in [3.63, 3.8) is 0 Å². The lowest BCUT2D eigenvalue weighted by Gasteiger charge is -2.44. The Labute approximate surface area is 207 Å². The van der Waals surface area contributed by atoms with Crippen molar-refractivity contribution < 1.29 is 29.0 Å². The van der Waals surface area contributed by atoms with Crippen LogP contribution >= 0.6 is 11.3 Å². The normalized spacial score (nSPS) is 20.4. The van der Waals surface area contributed by atoms with E-state index >= 15 is 0 Å². The molecule has 2 aromatic heterocycles. The molecule has 1 aliphatic heterocycles. The van der Waals surface area contributed by atoms with Gasteiger partial charge in [0, 0.05) is 18.1 Å². The number of furan rings is 1. The summed E-state index contributed by atoms with van der Waals surface area (Å²) in [5, 5.41) is 24.7. The molecule has 4 rings (SSSR count). The predicted octanol–water partition coefficient (Wildman–Crippen LogP) is 4.34. The van der Waals surface area contributed by atoms with Gasteiger partial charge in [0.1, 0.15) is 23.7 Å². The van der Waals surface area contributed by atoms with Crippen LogP contribution in [0.4, 0.5) is 4.79 Å². The van der Waals surface area contributed by atoms with Gasteiger partial charge in [0.05, 0.1) is 33.6 Å². The van der Waals surface area contributed by atoms with E-state index in [2.05, 4.69) is 10.3 Å². The molecule has 0 radical (unpaired) electrons. The maximum absolute atomic E-state index is 13.6. The molecule has 1 aromatic carbocycles. The van der Waals surface area contributed by atoms with Crippen LogP contribution in [0.5, 0.6) is 5.75 Å². The highest BCUT2D eigenvalue weighted by molar-refractivity contribution is 7.11. The summed E-state index contributed by atoms with van der Waals surface area (Å²) in [5.41, 5.74) is -0.762. The van der Waals surface area contributed by atoms with Crippen molar-refractivity contribution in [3.05, 3.63) is 45.6 Å². The molecule has 0 aliphatic carbocycles. The van der Waals surface area contributed by atoms with Gasteiger partial charge >= 0.3 is 6.09 Å². The number of carboxylic acid groups (broad SMARTS) is 1. The minimum absolute atomic E-state index is 0.221. The van der Waals surface area contributed by atoms with Gasteiger partial charge in [0.2, 0.25) is 0 Å². The molecule has 0 bridgehead atoms. The Bertz CT molecular complexity index is 1260. The Morgan fingerprint density at radius 3 is 2.69 bits per heavy atom. The number of nitrogens with zero attached hydrogens (tertiary/aromatic N) is 2. The zero-order chi connectivity index (χ0) is 25.5. The van der Waals surface area contributed by atoms with Crippen LogP contribution in [0.3, 0.4) is 0 Å². The smallest absolute Gasteiger partial charge is 0.407 e. The van der Waals surface area contributed by atoms with Crippen molar-refractivity contribution in [1.82, 2.24) is 15.2 Å². The lowest BCUT2D eigenvalue weighted by Crippen LogP contribution is -2.63. The molecule has 35 heavy (non-hydrogen) atoms. The van der Waals surface area contributed by atoms with Crippen molar-refractivity contribution in [3.8, 4) is 5.75 Å². The van der Waals surface area contributed by atoms with Gasteiger partial charge in [-0.1, -0.05) is 20.8 Å². The first-order valence-corrected chi connectivity index (χ1v) is 12.3. The number of likely N-dealkylation sites (tertiary alicyclic amines) is 1. The summed E-state index contributed by atoms with van der Waals surface area (Å²) >= 11 is 1.56. The van der Waals surface area contributed by atoms with Crippen LogP contribution in [0.1, 0.15) is 53.2 Å². The number of aliphatic hydroxyl groups is 1. The second-order valence-electron chi connectivity index (χ2n) is 10.1. The van der Waals surface area contributed by atoms with E-state index in [4.69, 9.17) is 9.15 Å². The standard InChI is InChI=1S/C25H31N3O6S/c1-14-20(18-10-16(6-7-19(18)34-14)33-12-17-11-26-15(2)35-17)21(30)27-25(13-29)8-9-28(23(31)32)22(25)24(3,4)5/h6-7,10-11,22,29H,8-9,12-13H2,1-5H3,(H,27,30)(H,31,32). The summed E-state index contributed by atoms with van der Waals surface area (Å²) in [6.45, 7) is 9.55. The van der Waals surface area contributed by atoms with Gasteiger partial charge in [-0.05, 0) is 43.9 Å². The topological polar surface area (TPSA) is 125 Å². The number of amides is 2. The fourth-order valence-electron chi connectivity index (χ4n) is 5.21. The van der Waals surface area contributed by atoms with Gasteiger partial charge in [-0.15, -0.1) is 11.3 Å². The van der Waals surface area contributed by atoms with Gasteiger partial charge < -0.3 is 29.6 Å². The molecular formula is C25H31N3O6S. The summed E-state index contributed by atoms with van der Waals surface area (Å²) in [4.78, 5) is 32.0. The number of fused-ring (bicyclic) bond motifs is 1. The van der Waals surface area contributed by atoms with Crippen LogP contribution in [-0.4, -0.2) is 56.8 Å². The Morgan fingerprint density at radius 1 is 1.34 bits per heavy atom. The molecule has 0 saturated carbocycles. The van der Waals surface area contributed by atoms with Crippen LogP contribution < -0.4 is 10.1 Å². The third-order valence-corrected chi connectivity index (χ3v) is 7.34. The Morgan fingerprint density at radius 2 is 2.09 bits per heavy atom. The first-order chi connectivity index (χ1) is 16.4. The first kappa shape index (κ1) is 25.0. The minimum Gasteiger partial charge on any atom is -0.488 e. The Kier molecular flexibility index (Phi) is 6.54. The van der Waals surface area contributed by atoms with Crippen LogP contribution in [-0.2, 0) is 6.61 Å². The average molecular weight is 502 g/mol. The van der Waals surface area contributed by atoms with Crippen molar-refractivity contribution >= 4 is 34.3 Å². The molecule has 1 aliphatic rings. The number of hydrogen-bond donors (Lipinski definition) is 3. The largest absolute Gasteiger partial charge is 0.488 e. The summed E-state index contributed by atoms with van der Waals surface area (Å²) in [5.74, 6) is 0.592. The van der Waals surface area contributed by atoms with Gasteiger partial charge in [-0.3, -0.25) is 4.79 Å². The molecule has 3 N–H and O–H groups in total. The lowest BCUT2D eigenvalue weighted by molar-refractivity contribution is 0.0401. The van der Waals surface area contributed by atoms with Crippen molar-refractivity contribution in [2.45, 2.75) is 59.2 Å². The highest BCUT2D eigenvalue weighted by Gasteiger charge is 2.55. The SMILES string of the molecule is Cc1ncc(COc2ccc3oc(C)c(C(=O)NC4(CO)CCN(C(=O)O)C4C(C)(C)C)c3c2)s1. The van der Waals surface area contributed by atoms with Crippen LogP contribution in [0.2, 0.25) is 0 Å². The molecule has 2 atom stereocenters. The molecule has 1 fully saturated rings. The van der Waals surface area contributed by atoms with E-state index in [-0.39, 0.29) is 13.2 Å². The number of benzene rings is 1. The molecule has 3 aromatic rings. The number of nitrogens with one attached hydrogen (secondary N) is 1. The molecule has 9 nitrogen and oxygen atoms in total. The van der Waals surface area contributed by atoms with Gasteiger partial charge in [0.25, 0.3) is 5.91 Å². The summed E-state index contributed by atoms with van der Waals surface area (Å²) in [7, 11) is 0. The number of rotatable bonds is 6. The monoisotopic (exact) mass is 501 g/mol.